The molecule has 1 aliphatic rings. The molecule has 1 atom stereocenters. The molecule has 3 aromatic rings. The molecule has 3 aromatic carbocycles. The van der Waals surface area contributed by atoms with Gasteiger partial charge in [-0.2, -0.15) is 13.2 Å². The van der Waals surface area contributed by atoms with Crippen LogP contribution in [0, 0.1) is 0 Å². The van der Waals surface area contributed by atoms with Gasteiger partial charge in [0.2, 0.25) is 0 Å². The van der Waals surface area contributed by atoms with E-state index >= 15 is 0 Å². The summed E-state index contributed by atoms with van der Waals surface area (Å²) in [5.74, 6) is -0.301. The molecular weight excluding hydrogens is 432 g/mol. The van der Waals surface area contributed by atoms with E-state index in [2.05, 4.69) is 9.73 Å². The topological polar surface area (TPSA) is 21.6 Å². The highest BCUT2D eigenvalue weighted by Crippen LogP contribution is 2.37. The standard InChI is InChI=1S/C24H17F6NO/c25-23(26,27)20-4-2-1-3-19(20)22-14-13-21(31-22)17-7-5-15(6-8-17)16-9-11-18(12-10-16)32-24(28,29)30/h1-12,21H,13-14H2. The molecule has 0 radical (unpaired) electrons. The lowest BCUT2D eigenvalue weighted by atomic mass is 9.98. The maximum atomic E-state index is 13.3. The van der Waals surface area contributed by atoms with E-state index in [4.69, 9.17) is 0 Å². The van der Waals surface area contributed by atoms with Crippen LogP contribution in [0.4, 0.5) is 26.3 Å². The van der Waals surface area contributed by atoms with Gasteiger partial charge in [0.15, 0.2) is 0 Å². The molecule has 0 N–H and O–H groups in total. The van der Waals surface area contributed by atoms with Gasteiger partial charge < -0.3 is 4.74 Å². The highest BCUT2D eigenvalue weighted by atomic mass is 19.4. The summed E-state index contributed by atoms with van der Waals surface area (Å²) in [6.45, 7) is 0. The Hall–Kier alpha value is -3.29. The first-order valence-electron chi connectivity index (χ1n) is 9.79. The van der Waals surface area contributed by atoms with Crippen LogP contribution in [-0.4, -0.2) is 12.1 Å². The molecule has 4 rings (SSSR count). The van der Waals surface area contributed by atoms with E-state index in [1.54, 1.807) is 6.07 Å². The van der Waals surface area contributed by atoms with Crippen LogP contribution in [0.25, 0.3) is 11.1 Å². The summed E-state index contributed by atoms with van der Waals surface area (Å²) in [6.07, 6.45) is -8.14. The number of nitrogens with zero attached hydrogens (tertiary/aromatic N) is 1. The van der Waals surface area contributed by atoms with E-state index in [1.807, 2.05) is 24.3 Å². The van der Waals surface area contributed by atoms with Crippen LogP contribution in [0.1, 0.15) is 35.6 Å². The molecule has 0 saturated heterocycles. The largest absolute Gasteiger partial charge is 0.573 e. The number of halogens is 6. The number of benzene rings is 3. The molecule has 0 bridgehead atoms. The Morgan fingerprint density at radius 1 is 0.750 bits per heavy atom. The Kier molecular flexibility index (Phi) is 5.71. The lowest BCUT2D eigenvalue weighted by molar-refractivity contribution is -0.274. The minimum absolute atomic E-state index is 0.111. The quantitative estimate of drug-likeness (QED) is 0.376. The van der Waals surface area contributed by atoms with Gasteiger partial charge in [0.25, 0.3) is 0 Å². The predicted molar refractivity (Wildman–Crippen MR) is 109 cm³/mol. The van der Waals surface area contributed by atoms with Gasteiger partial charge in [0.1, 0.15) is 5.75 Å². The third-order valence-electron chi connectivity index (χ3n) is 5.23. The Labute approximate surface area is 180 Å². The summed E-state index contributed by atoms with van der Waals surface area (Å²) in [6, 6.07) is 18.0. The highest BCUT2D eigenvalue weighted by Gasteiger charge is 2.35. The second-order valence-electron chi connectivity index (χ2n) is 7.37. The molecule has 8 heteroatoms. The van der Waals surface area contributed by atoms with Gasteiger partial charge in [-0.1, -0.05) is 54.6 Å². The number of aliphatic imine (C=N–C) groups is 1. The lowest BCUT2D eigenvalue weighted by Crippen LogP contribution is -2.16. The minimum atomic E-state index is -4.75. The van der Waals surface area contributed by atoms with Crippen LogP contribution in [-0.2, 0) is 6.18 Å². The second-order valence-corrected chi connectivity index (χ2v) is 7.37. The van der Waals surface area contributed by atoms with Crippen molar-refractivity contribution in [2.24, 2.45) is 4.99 Å². The minimum Gasteiger partial charge on any atom is -0.406 e. The van der Waals surface area contributed by atoms with Gasteiger partial charge >= 0.3 is 12.5 Å². The number of hydrogen-bond acceptors (Lipinski definition) is 2. The lowest BCUT2D eigenvalue weighted by Gasteiger charge is -2.12. The van der Waals surface area contributed by atoms with Crippen molar-refractivity contribution >= 4 is 5.71 Å². The molecule has 1 heterocycles. The highest BCUT2D eigenvalue weighted by molar-refractivity contribution is 6.03. The van der Waals surface area contributed by atoms with E-state index in [-0.39, 0.29) is 17.4 Å². The maximum absolute atomic E-state index is 13.3. The molecule has 0 aliphatic carbocycles. The molecule has 32 heavy (non-hydrogen) atoms. The predicted octanol–water partition coefficient (Wildman–Crippen LogP) is 7.60. The van der Waals surface area contributed by atoms with E-state index in [9.17, 15) is 26.3 Å². The smallest absolute Gasteiger partial charge is 0.406 e. The van der Waals surface area contributed by atoms with E-state index < -0.39 is 18.1 Å². The Morgan fingerprint density at radius 2 is 1.34 bits per heavy atom. The molecule has 2 nitrogen and oxygen atoms in total. The molecule has 0 aromatic heterocycles. The van der Waals surface area contributed by atoms with Crippen LogP contribution in [0.3, 0.4) is 0 Å². The zero-order chi connectivity index (χ0) is 22.9. The molecule has 0 amide bonds. The number of rotatable bonds is 4. The van der Waals surface area contributed by atoms with Crippen molar-refractivity contribution in [2.45, 2.75) is 31.4 Å². The summed E-state index contributed by atoms with van der Waals surface area (Å²) in [5, 5.41) is 0. The van der Waals surface area contributed by atoms with Gasteiger partial charge in [-0.05, 0) is 47.7 Å². The van der Waals surface area contributed by atoms with E-state index in [1.165, 1.54) is 36.4 Å². The summed E-state index contributed by atoms with van der Waals surface area (Å²) in [7, 11) is 0. The van der Waals surface area contributed by atoms with Crippen molar-refractivity contribution in [3.8, 4) is 16.9 Å². The third kappa shape index (κ3) is 4.95. The van der Waals surface area contributed by atoms with Crippen LogP contribution in [0.15, 0.2) is 77.8 Å². The first-order valence-corrected chi connectivity index (χ1v) is 9.79. The van der Waals surface area contributed by atoms with Crippen LogP contribution in [0.2, 0.25) is 0 Å². The van der Waals surface area contributed by atoms with Gasteiger partial charge in [0.05, 0.1) is 11.6 Å². The summed E-state index contributed by atoms with van der Waals surface area (Å²) >= 11 is 0. The third-order valence-corrected chi connectivity index (χ3v) is 5.23. The number of alkyl halides is 6. The fourth-order valence-corrected chi connectivity index (χ4v) is 3.76. The van der Waals surface area contributed by atoms with Crippen molar-refractivity contribution < 1.29 is 31.1 Å². The molecule has 0 spiro atoms. The molecule has 1 aliphatic heterocycles. The van der Waals surface area contributed by atoms with E-state index in [0.717, 1.165) is 17.2 Å². The zero-order valence-electron chi connectivity index (χ0n) is 16.5. The fourth-order valence-electron chi connectivity index (χ4n) is 3.76. The molecule has 0 fully saturated rings. The van der Waals surface area contributed by atoms with Crippen LogP contribution >= 0.6 is 0 Å². The second kappa shape index (κ2) is 8.33. The van der Waals surface area contributed by atoms with Gasteiger partial charge in [-0.15, -0.1) is 13.2 Å². The van der Waals surface area contributed by atoms with Gasteiger partial charge in [-0.3, -0.25) is 4.99 Å². The first kappa shape index (κ1) is 21.9. The van der Waals surface area contributed by atoms with E-state index in [0.29, 0.717) is 24.1 Å². The number of hydrogen-bond donors (Lipinski definition) is 0. The average molecular weight is 449 g/mol. The molecule has 1 unspecified atom stereocenters. The van der Waals surface area contributed by atoms with Crippen molar-refractivity contribution in [3.05, 3.63) is 89.5 Å². The van der Waals surface area contributed by atoms with Crippen LogP contribution in [0.5, 0.6) is 5.75 Å². The van der Waals surface area contributed by atoms with Crippen LogP contribution < -0.4 is 4.74 Å². The Bertz CT molecular complexity index is 1110. The van der Waals surface area contributed by atoms with Gasteiger partial charge in [-0.25, -0.2) is 0 Å². The Balaban J connectivity index is 1.52. The molecule has 0 saturated carbocycles. The molecule has 166 valence electrons. The zero-order valence-corrected chi connectivity index (χ0v) is 16.5. The SMILES string of the molecule is FC(F)(F)Oc1ccc(-c2ccc(C3CCC(c4ccccc4C(F)(F)F)=N3)cc2)cc1. The summed E-state index contributed by atoms with van der Waals surface area (Å²) in [4.78, 5) is 4.54. The monoisotopic (exact) mass is 449 g/mol. The molecular formula is C24H17F6NO. The fraction of sp³-hybridized carbons (Fsp3) is 0.208. The number of ether oxygens (including phenoxy) is 1. The Morgan fingerprint density at radius 3 is 1.94 bits per heavy atom. The average Bonchev–Trinajstić information content (AvgIpc) is 3.23. The summed E-state index contributed by atoms with van der Waals surface area (Å²) < 4.78 is 80.7. The van der Waals surface area contributed by atoms with Crippen molar-refractivity contribution in [1.82, 2.24) is 0 Å². The normalized spacial score (nSPS) is 16.7. The summed E-state index contributed by atoms with van der Waals surface area (Å²) in [5.41, 5.74) is 2.23. The maximum Gasteiger partial charge on any atom is 0.573 e. The van der Waals surface area contributed by atoms with Gasteiger partial charge in [0, 0.05) is 11.3 Å². The van der Waals surface area contributed by atoms with Crippen molar-refractivity contribution in [3.63, 3.8) is 0 Å². The first-order chi connectivity index (χ1) is 15.1. The van der Waals surface area contributed by atoms with Crippen molar-refractivity contribution in [2.75, 3.05) is 0 Å². The van der Waals surface area contributed by atoms with Crippen molar-refractivity contribution in [1.29, 1.82) is 0 Å².